The number of benzene rings is 2. The van der Waals surface area contributed by atoms with Crippen LogP contribution in [0.4, 0.5) is 11.4 Å². The van der Waals surface area contributed by atoms with Gasteiger partial charge in [0.1, 0.15) is 0 Å². The largest absolute Gasteiger partial charge is 0.399 e. The predicted octanol–water partition coefficient (Wildman–Crippen LogP) is 4.46. The normalized spacial score (nSPS) is 11.0. The van der Waals surface area contributed by atoms with E-state index < -0.39 is 0 Å². The highest BCUT2D eigenvalue weighted by Crippen LogP contribution is 2.13. The van der Waals surface area contributed by atoms with Crippen molar-refractivity contribution in [3.8, 4) is 0 Å². The SMILES string of the molecule is C=C(/C=C\C=C/Nc1cccc(N)c1)c1ccccc1. The van der Waals surface area contributed by atoms with Crippen LogP contribution in [0.25, 0.3) is 5.57 Å². The van der Waals surface area contributed by atoms with E-state index in [-0.39, 0.29) is 0 Å². The van der Waals surface area contributed by atoms with Crippen LogP contribution in [0, 0.1) is 0 Å². The Balaban J connectivity index is 1.87. The fourth-order valence-corrected chi connectivity index (χ4v) is 1.75. The van der Waals surface area contributed by atoms with Crippen LogP contribution in [0.1, 0.15) is 5.56 Å². The van der Waals surface area contributed by atoms with E-state index in [0.29, 0.717) is 0 Å². The Morgan fingerprint density at radius 1 is 1.00 bits per heavy atom. The number of nitrogens with one attached hydrogen (secondary N) is 1. The lowest BCUT2D eigenvalue weighted by Crippen LogP contribution is -1.89. The summed E-state index contributed by atoms with van der Waals surface area (Å²) in [5.74, 6) is 0. The molecule has 0 atom stereocenters. The Kier molecular flexibility index (Phi) is 4.79. The third kappa shape index (κ3) is 4.18. The van der Waals surface area contributed by atoms with Crippen molar-refractivity contribution in [3.05, 3.63) is 91.2 Å². The van der Waals surface area contributed by atoms with Crippen molar-refractivity contribution in [2.45, 2.75) is 0 Å². The summed E-state index contributed by atoms with van der Waals surface area (Å²) >= 11 is 0. The molecule has 0 aromatic heterocycles. The van der Waals surface area contributed by atoms with Crippen molar-refractivity contribution in [3.63, 3.8) is 0 Å². The second kappa shape index (κ2) is 7.00. The topological polar surface area (TPSA) is 38.0 Å². The molecule has 0 unspecified atom stereocenters. The number of allylic oxidation sites excluding steroid dienone is 4. The summed E-state index contributed by atoms with van der Waals surface area (Å²) in [4.78, 5) is 0. The van der Waals surface area contributed by atoms with Gasteiger partial charge >= 0.3 is 0 Å². The van der Waals surface area contributed by atoms with E-state index in [1.54, 1.807) is 0 Å². The van der Waals surface area contributed by atoms with Crippen LogP contribution < -0.4 is 11.1 Å². The van der Waals surface area contributed by atoms with E-state index in [1.807, 2.05) is 79.0 Å². The van der Waals surface area contributed by atoms with Gasteiger partial charge in [-0.2, -0.15) is 0 Å². The molecule has 2 heteroatoms. The Hall–Kier alpha value is -2.74. The van der Waals surface area contributed by atoms with Gasteiger partial charge in [-0.3, -0.25) is 0 Å². The Morgan fingerprint density at radius 3 is 2.55 bits per heavy atom. The van der Waals surface area contributed by atoms with Crippen LogP contribution in [0.3, 0.4) is 0 Å². The summed E-state index contributed by atoms with van der Waals surface area (Å²) in [6.07, 6.45) is 7.72. The van der Waals surface area contributed by atoms with Crippen molar-refractivity contribution in [1.82, 2.24) is 0 Å². The molecule has 2 aromatic rings. The molecule has 0 amide bonds. The maximum Gasteiger partial charge on any atom is 0.0400 e. The summed E-state index contributed by atoms with van der Waals surface area (Å²) in [5.41, 5.74) is 9.53. The highest BCUT2D eigenvalue weighted by molar-refractivity contribution is 5.72. The van der Waals surface area contributed by atoms with Gasteiger partial charge in [0.05, 0.1) is 0 Å². The number of hydrogen-bond donors (Lipinski definition) is 2. The van der Waals surface area contributed by atoms with Crippen LogP contribution in [0.15, 0.2) is 85.6 Å². The zero-order chi connectivity index (χ0) is 14.2. The Bertz CT molecular complexity index is 625. The average Bonchev–Trinajstić information content (AvgIpc) is 2.48. The van der Waals surface area contributed by atoms with Crippen LogP contribution in [0.2, 0.25) is 0 Å². The van der Waals surface area contributed by atoms with E-state index >= 15 is 0 Å². The molecular formula is C18H18N2. The molecule has 0 saturated heterocycles. The van der Waals surface area contributed by atoms with E-state index in [0.717, 1.165) is 22.5 Å². The van der Waals surface area contributed by atoms with Crippen LogP contribution in [-0.2, 0) is 0 Å². The maximum absolute atomic E-state index is 5.70. The van der Waals surface area contributed by atoms with Gasteiger partial charge in [-0.25, -0.2) is 0 Å². The van der Waals surface area contributed by atoms with E-state index in [4.69, 9.17) is 5.73 Å². The second-order valence-corrected chi connectivity index (χ2v) is 4.38. The smallest absolute Gasteiger partial charge is 0.0400 e. The number of nitrogen functional groups attached to an aromatic ring is 1. The highest BCUT2D eigenvalue weighted by atomic mass is 14.8. The standard InChI is InChI=1S/C18H18N2/c1-15(16-9-3-2-4-10-16)8-5-6-13-20-18-12-7-11-17(19)14-18/h2-14,20H,1,19H2/b8-5-,13-6-. The Labute approximate surface area is 119 Å². The van der Waals surface area contributed by atoms with Crippen molar-refractivity contribution in [2.24, 2.45) is 0 Å². The molecule has 2 rings (SSSR count). The van der Waals surface area contributed by atoms with E-state index in [9.17, 15) is 0 Å². The molecule has 0 radical (unpaired) electrons. The zero-order valence-electron chi connectivity index (χ0n) is 11.3. The lowest BCUT2D eigenvalue weighted by molar-refractivity contribution is 1.57. The minimum Gasteiger partial charge on any atom is -0.399 e. The summed E-state index contributed by atoms with van der Waals surface area (Å²) in [6.45, 7) is 4.03. The van der Waals surface area contributed by atoms with Gasteiger partial charge < -0.3 is 11.1 Å². The second-order valence-electron chi connectivity index (χ2n) is 4.38. The molecule has 0 aliphatic rings. The van der Waals surface area contributed by atoms with Crippen LogP contribution >= 0.6 is 0 Å². The van der Waals surface area contributed by atoms with Crippen LogP contribution in [0.5, 0.6) is 0 Å². The van der Waals surface area contributed by atoms with E-state index in [2.05, 4.69) is 11.9 Å². The molecule has 0 saturated carbocycles. The van der Waals surface area contributed by atoms with Crippen molar-refractivity contribution in [2.75, 3.05) is 11.1 Å². The quantitative estimate of drug-likeness (QED) is 0.616. The lowest BCUT2D eigenvalue weighted by Gasteiger charge is -2.00. The number of anilines is 2. The summed E-state index contributed by atoms with van der Waals surface area (Å²) in [5, 5.41) is 3.16. The monoisotopic (exact) mass is 262 g/mol. The molecule has 0 aliphatic carbocycles. The van der Waals surface area contributed by atoms with Crippen molar-refractivity contribution in [1.29, 1.82) is 0 Å². The number of nitrogens with two attached hydrogens (primary N) is 1. The first-order chi connectivity index (χ1) is 9.75. The molecule has 0 spiro atoms. The predicted molar refractivity (Wildman–Crippen MR) is 88.2 cm³/mol. The van der Waals surface area contributed by atoms with Gasteiger partial charge in [0.15, 0.2) is 0 Å². The van der Waals surface area contributed by atoms with Gasteiger partial charge in [-0.15, -0.1) is 0 Å². The van der Waals surface area contributed by atoms with Gasteiger partial charge in [0.25, 0.3) is 0 Å². The van der Waals surface area contributed by atoms with Crippen molar-refractivity contribution < 1.29 is 0 Å². The first-order valence-electron chi connectivity index (χ1n) is 6.45. The molecule has 0 aliphatic heterocycles. The molecule has 0 fully saturated rings. The maximum atomic E-state index is 5.70. The van der Waals surface area contributed by atoms with Crippen LogP contribution in [-0.4, -0.2) is 0 Å². The Morgan fingerprint density at radius 2 is 1.80 bits per heavy atom. The minimum atomic E-state index is 0.747. The van der Waals surface area contributed by atoms with Gasteiger partial charge in [-0.1, -0.05) is 55.1 Å². The average molecular weight is 262 g/mol. The fraction of sp³-hybridized carbons (Fsp3) is 0. The van der Waals surface area contributed by atoms with Crippen molar-refractivity contribution >= 4 is 16.9 Å². The number of hydrogen-bond acceptors (Lipinski definition) is 2. The molecule has 20 heavy (non-hydrogen) atoms. The minimum absolute atomic E-state index is 0.747. The zero-order valence-corrected chi connectivity index (χ0v) is 11.3. The first kappa shape index (κ1) is 13.7. The third-order valence-corrected chi connectivity index (χ3v) is 2.79. The molecule has 100 valence electrons. The molecular weight excluding hydrogens is 244 g/mol. The molecule has 2 aromatic carbocycles. The highest BCUT2D eigenvalue weighted by Gasteiger charge is 1.91. The molecule has 0 heterocycles. The summed E-state index contributed by atoms with van der Waals surface area (Å²) < 4.78 is 0. The first-order valence-corrected chi connectivity index (χ1v) is 6.45. The fourth-order valence-electron chi connectivity index (χ4n) is 1.75. The van der Waals surface area contributed by atoms with Gasteiger partial charge in [-0.05, 0) is 35.4 Å². The van der Waals surface area contributed by atoms with Gasteiger partial charge in [0, 0.05) is 17.6 Å². The molecule has 3 N–H and O–H groups in total. The summed E-state index contributed by atoms with van der Waals surface area (Å²) in [6, 6.07) is 17.7. The summed E-state index contributed by atoms with van der Waals surface area (Å²) in [7, 11) is 0. The molecule has 2 nitrogen and oxygen atoms in total. The van der Waals surface area contributed by atoms with E-state index in [1.165, 1.54) is 0 Å². The third-order valence-electron chi connectivity index (χ3n) is 2.79. The lowest BCUT2D eigenvalue weighted by atomic mass is 10.1. The molecule has 0 bridgehead atoms. The number of rotatable bonds is 5. The van der Waals surface area contributed by atoms with Gasteiger partial charge in [0.2, 0.25) is 0 Å².